The molecule has 0 bridgehead atoms. The number of hydrogen-bond acceptors (Lipinski definition) is 2. The van der Waals surface area contributed by atoms with Gasteiger partial charge in [0.1, 0.15) is 0 Å². The number of aromatic amines is 2. The van der Waals surface area contributed by atoms with Crippen LogP contribution >= 0.6 is 12.2 Å². The molecule has 0 aliphatic rings. The summed E-state index contributed by atoms with van der Waals surface area (Å²) >= 11 is 4.84. The molecule has 84 valence electrons. The largest absolute Gasteiger partial charge is 0.342 e. The standard InChI is InChI=1S/C9H7F2N3OS/c10-6-2-1-5(3-7(6)11)4-14-8(15)12-13-9(14)16/h1-3H,4H2,(H,12,15)(H,13,16). The van der Waals surface area contributed by atoms with Crippen molar-refractivity contribution in [3.63, 3.8) is 0 Å². The highest BCUT2D eigenvalue weighted by atomic mass is 32.1. The van der Waals surface area contributed by atoms with Crippen LogP contribution in [0.25, 0.3) is 0 Å². The first kappa shape index (κ1) is 10.7. The molecule has 2 N–H and O–H groups in total. The minimum atomic E-state index is -0.948. The molecular weight excluding hydrogens is 236 g/mol. The molecule has 7 heteroatoms. The SMILES string of the molecule is O=c1[nH][nH]c(=S)n1Cc1ccc(F)c(F)c1. The number of benzene rings is 1. The lowest BCUT2D eigenvalue weighted by atomic mass is 10.2. The van der Waals surface area contributed by atoms with Gasteiger partial charge in [0.15, 0.2) is 16.4 Å². The van der Waals surface area contributed by atoms with E-state index in [1.54, 1.807) is 0 Å². The molecule has 1 aromatic carbocycles. The molecule has 4 nitrogen and oxygen atoms in total. The van der Waals surface area contributed by atoms with Gasteiger partial charge in [-0.3, -0.25) is 9.67 Å². The Hall–Kier alpha value is -1.76. The van der Waals surface area contributed by atoms with Gasteiger partial charge in [0.2, 0.25) is 0 Å². The Morgan fingerprint density at radius 3 is 2.56 bits per heavy atom. The van der Waals surface area contributed by atoms with Crippen LogP contribution in [0.1, 0.15) is 5.56 Å². The summed E-state index contributed by atoms with van der Waals surface area (Å²) in [6, 6.07) is 3.44. The van der Waals surface area contributed by atoms with Gasteiger partial charge in [0.25, 0.3) is 0 Å². The van der Waals surface area contributed by atoms with Crippen molar-refractivity contribution in [3.8, 4) is 0 Å². The molecule has 0 fully saturated rings. The number of H-pyrrole nitrogens is 2. The van der Waals surface area contributed by atoms with E-state index in [1.807, 2.05) is 0 Å². The van der Waals surface area contributed by atoms with E-state index >= 15 is 0 Å². The molecule has 2 rings (SSSR count). The Morgan fingerprint density at radius 1 is 1.25 bits per heavy atom. The Labute approximate surface area is 93.5 Å². The van der Waals surface area contributed by atoms with E-state index in [0.717, 1.165) is 12.1 Å². The molecule has 1 heterocycles. The maximum atomic E-state index is 12.9. The van der Waals surface area contributed by atoms with Crippen LogP contribution in [0.2, 0.25) is 0 Å². The molecule has 0 radical (unpaired) electrons. The molecule has 1 aromatic heterocycles. The predicted octanol–water partition coefficient (Wildman–Crippen LogP) is 1.56. The van der Waals surface area contributed by atoms with Crippen LogP contribution in [0.3, 0.4) is 0 Å². The average Bonchev–Trinajstić information content (AvgIpc) is 2.55. The van der Waals surface area contributed by atoms with E-state index in [9.17, 15) is 13.6 Å². The fourth-order valence-corrected chi connectivity index (χ4v) is 1.50. The first-order chi connectivity index (χ1) is 7.58. The van der Waals surface area contributed by atoms with Crippen molar-refractivity contribution in [2.75, 3.05) is 0 Å². The highest BCUT2D eigenvalue weighted by Crippen LogP contribution is 2.09. The fraction of sp³-hybridized carbons (Fsp3) is 0.111. The highest BCUT2D eigenvalue weighted by molar-refractivity contribution is 7.71. The van der Waals surface area contributed by atoms with Crippen LogP contribution in [0.5, 0.6) is 0 Å². The fourth-order valence-electron chi connectivity index (χ4n) is 1.30. The zero-order chi connectivity index (χ0) is 11.7. The van der Waals surface area contributed by atoms with Crippen molar-refractivity contribution in [2.24, 2.45) is 0 Å². The van der Waals surface area contributed by atoms with Crippen LogP contribution in [0.4, 0.5) is 8.78 Å². The van der Waals surface area contributed by atoms with Crippen LogP contribution in [-0.2, 0) is 6.54 Å². The first-order valence-electron chi connectivity index (χ1n) is 4.39. The summed E-state index contributed by atoms with van der Waals surface area (Å²) in [5, 5.41) is 4.75. The number of aromatic nitrogens is 3. The number of nitrogens with zero attached hydrogens (tertiary/aromatic N) is 1. The van der Waals surface area contributed by atoms with Crippen molar-refractivity contribution < 1.29 is 8.78 Å². The Morgan fingerprint density at radius 2 is 2.00 bits per heavy atom. The molecule has 0 amide bonds. The summed E-state index contributed by atoms with van der Waals surface area (Å²) in [6.45, 7) is 0.0921. The minimum Gasteiger partial charge on any atom is -0.272 e. The lowest BCUT2D eigenvalue weighted by molar-refractivity contribution is 0.506. The van der Waals surface area contributed by atoms with E-state index in [0.29, 0.717) is 5.56 Å². The van der Waals surface area contributed by atoms with E-state index < -0.39 is 17.3 Å². The lowest BCUT2D eigenvalue weighted by Crippen LogP contribution is -2.17. The quantitative estimate of drug-likeness (QED) is 0.786. The number of hydrogen-bond donors (Lipinski definition) is 2. The average molecular weight is 243 g/mol. The van der Waals surface area contributed by atoms with Gasteiger partial charge >= 0.3 is 5.69 Å². The Kier molecular flexibility index (Phi) is 2.69. The minimum absolute atomic E-state index is 0.0921. The van der Waals surface area contributed by atoms with Gasteiger partial charge in [0, 0.05) is 0 Å². The van der Waals surface area contributed by atoms with Gasteiger partial charge in [-0.1, -0.05) is 6.07 Å². The molecule has 0 aliphatic heterocycles. The second kappa shape index (κ2) is 4.01. The van der Waals surface area contributed by atoms with Crippen molar-refractivity contribution in [2.45, 2.75) is 6.54 Å². The van der Waals surface area contributed by atoms with Crippen molar-refractivity contribution in [1.29, 1.82) is 0 Å². The van der Waals surface area contributed by atoms with Gasteiger partial charge in [-0.15, -0.1) is 0 Å². The topological polar surface area (TPSA) is 53.6 Å². The van der Waals surface area contributed by atoms with Gasteiger partial charge in [-0.05, 0) is 29.9 Å². The Balaban J connectivity index is 2.38. The summed E-state index contributed by atoms with van der Waals surface area (Å²) < 4.78 is 27.0. The van der Waals surface area contributed by atoms with Gasteiger partial charge in [-0.2, -0.15) is 0 Å². The summed E-state index contributed by atoms with van der Waals surface area (Å²) in [5.41, 5.74) is 0.0369. The normalized spacial score (nSPS) is 10.6. The van der Waals surface area contributed by atoms with Crippen molar-refractivity contribution >= 4 is 12.2 Å². The predicted molar refractivity (Wildman–Crippen MR) is 55.7 cm³/mol. The molecule has 0 saturated carbocycles. The molecule has 0 saturated heterocycles. The maximum Gasteiger partial charge on any atom is 0.342 e. The number of halogens is 2. The number of rotatable bonds is 2. The van der Waals surface area contributed by atoms with E-state index in [2.05, 4.69) is 10.2 Å². The van der Waals surface area contributed by atoms with Gasteiger partial charge in [0.05, 0.1) is 6.54 Å². The Bertz CT molecular complexity index is 601. The van der Waals surface area contributed by atoms with Gasteiger partial charge < -0.3 is 0 Å². The van der Waals surface area contributed by atoms with Gasteiger partial charge in [-0.25, -0.2) is 18.7 Å². The highest BCUT2D eigenvalue weighted by Gasteiger charge is 2.05. The summed E-state index contributed by atoms with van der Waals surface area (Å²) in [5.74, 6) is -1.87. The first-order valence-corrected chi connectivity index (χ1v) is 4.80. The zero-order valence-electron chi connectivity index (χ0n) is 7.96. The van der Waals surface area contributed by atoms with Crippen LogP contribution in [-0.4, -0.2) is 14.8 Å². The number of nitrogens with one attached hydrogen (secondary N) is 2. The summed E-state index contributed by atoms with van der Waals surface area (Å²) in [7, 11) is 0. The smallest absolute Gasteiger partial charge is 0.272 e. The third kappa shape index (κ3) is 1.94. The second-order valence-electron chi connectivity index (χ2n) is 3.19. The van der Waals surface area contributed by atoms with Crippen molar-refractivity contribution in [3.05, 3.63) is 50.7 Å². The molecule has 0 atom stereocenters. The lowest BCUT2D eigenvalue weighted by Gasteiger charge is -2.01. The zero-order valence-corrected chi connectivity index (χ0v) is 8.78. The summed E-state index contributed by atoms with van der Waals surface area (Å²) in [4.78, 5) is 11.2. The molecule has 16 heavy (non-hydrogen) atoms. The van der Waals surface area contributed by atoms with E-state index in [1.165, 1.54) is 10.6 Å². The maximum absolute atomic E-state index is 12.9. The van der Waals surface area contributed by atoms with E-state index in [4.69, 9.17) is 12.2 Å². The third-order valence-corrected chi connectivity index (χ3v) is 2.41. The van der Waals surface area contributed by atoms with E-state index in [-0.39, 0.29) is 11.3 Å². The molecule has 0 unspecified atom stereocenters. The second-order valence-corrected chi connectivity index (χ2v) is 3.58. The van der Waals surface area contributed by atoms with Crippen LogP contribution in [0.15, 0.2) is 23.0 Å². The van der Waals surface area contributed by atoms with Crippen molar-refractivity contribution in [1.82, 2.24) is 14.8 Å². The monoisotopic (exact) mass is 243 g/mol. The molecule has 0 aliphatic carbocycles. The molecule has 0 spiro atoms. The molecular formula is C9H7F2N3OS. The molecule has 2 aromatic rings. The van der Waals surface area contributed by atoms with Crippen LogP contribution in [0, 0.1) is 16.4 Å². The summed E-state index contributed by atoms with van der Waals surface area (Å²) in [6.07, 6.45) is 0. The van der Waals surface area contributed by atoms with Crippen LogP contribution < -0.4 is 5.69 Å². The third-order valence-electron chi connectivity index (χ3n) is 2.09.